The van der Waals surface area contributed by atoms with Crippen molar-refractivity contribution in [1.82, 2.24) is 9.97 Å². The van der Waals surface area contributed by atoms with Gasteiger partial charge in [-0.15, -0.1) is 0 Å². The number of hydrogen-bond donors (Lipinski definition) is 1. The van der Waals surface area contributed by atoms with Crippen molar-refractivity contribution in [3.05, 3.63) is 11.8 Å². The maximum atomic E-state index is 5.44. The standard InChI is InChI=1S/C13H21N5O/c1-9-7-14-12(16-11(9)18(4)5)15-8-13(3)6-10(2)17-19-13/h7H,6,8H2,1-5H3,(H,14,15,16). The molecule has 1 aromatic heterocycles. The van der Waals surface area contributed by atoms with Crippen LogP contribution in [-0.2, 0) is 4.84 Å². The summed E-state index contributed by atoms with van der Waals surface area (Å²) in [6, 6.07) is 0. The van der Waals surface area contributed by atoms with E-state index in [1.807, 2.05) is 46.0 Å². The lowest BCUT2D eigenvalue weighted by molar-refractivity contribution is 0.00740. The van der Waals surface area contributed by atoms with Crippen LogP contribution in [0.4, 0.5) is 11.8 Å². The van der Waals surface area contributed by atoms with E-state index in [9.17, 15) is 0 Å². The van der Waals surface area contributed by atoms with Crippen LogP contribution >= 0.6 is 0 Å². The normalized spacial score (nSPS) is 21.8. The van der Waals surface area contributed by atoms with Crippen molar-refractivity contribution in [3.63, 3.8) is 0 Å². The number of aromatic nitrogens is 2. The van der Waals surface area contributed by atoms with E-state index in [0.29, 0.717) is 12.5 Å². The van der Waals surface area contributed by atoms with Gasteiger partial charge in [0.2, 0.25) is 5.95 Å². The first kappa shape index (κ1) is 13.6. The van der Waals surface area contributed by atoms with Gasteiger partial charge in [-0.1, -0.05) is 5.16 Å². The third-order valence-corrected chi connectivity index (χ3v) is 3.04. The minimum Gasteiger partial charge on any atom is -0.387 e. The molecule has 0 spiro atoms. The van der Waals surface area contributed by atoms with Crippen LogP contribution in [0, 0.1) is 6.92 Å². The lowest BCUT2D eigenvalue weighted by atomic mass is 10.0. The Morgan fingerprint density at radius 2 is 2.16 bits per heavy atom. The molecule has 0 radical (unpaired) electrons. The molecular formula is C13H21N5O. The summed E-state index contributed by atoms with van der Waals surface area (Å²) in [5.74, 6) is 1.53. The molecule has 0 saturated heterocycles. The fraction of sp³-hybridized carbons (Fsp3) is 0.615. The van der Waals surface area contributed by atoms with E-state index in [1.54, 1.807) is 0 Å². The summed E-state index contributed by atoms with van der Waals surface area (Å²) in [6.07, 6.45) is 2.65. The second-order valence-corrected chi connectivity index (χ2v) is 5.49. The predicted octanol–water partition coefficient (Wildman–Crippen LogP) is 1.82. The van der Waals surface area contributed by atoms with Crippen LogP contribution < -0.4 is 10.2 Å². The van der Waals surface area contributed by atoms with E-state index in [4.69, 9.17) is 4.84 Å². The van der Waals surface area contributed by atoms with Crippen molar-refractivity contribution >= 4 is 17.5 Å². The molecule has 1 aliphatic rings. The van der Waals surface area contributed by atoms with Crippen molar-refractivity contribution in [2.45, 2.75) is 32.8 Å². The number of rotatable bonds is 4. The topological polar surface area (TPSA) is 62.6 Å². The number of anilines is 2. The Balaban J connectivity index is 2.02. The molecule has 1 N–H and O–H groups in total. The highest BCUT2D eigenvalue weighted by atomic mass is 16.7. The fourth-order valence-corrected chi connectivity index (χ4v) is 2.13. The molecule has 1 atom stereocenters. The summed E-state index contributed by atoms with van der Waals surface area (Å²) in [5, 5.41) is 7.21. The molecule has 2 heterocycles. The molecule has 1 unspecified atom stereocenters. The Labute approximate surface area is 113 Å². The van der Waals surface area contributed by atoms with E-state index in [1.165, 1.54) is 0 Å². The number of nitrogens with one attached hydrogen (secondary N) is 1. The Bertz CT molecular complexity index is 500. The van der Waals surface area contributed by atoms with Crippen molar-refractivity contribution in [2.75, 3.05) is 30.9 Å². The molecule has 1 aliphatic heterocycles. The first-order valence-electron chi connectivity index (χ1n) is 6.36. The summed E-state index contributed by atoms with van der Waals surface area (Å²) in [6.45, 7) is 6.63. The molecular weight excluding hydrogens is 242 g/mol. The molecule has 6 heteroatoms. The van der Waals surface area contributed by atoms with E-state index in [2.05, 4.69) is 20.4 Å². The Hall–Kier alpha value is -1.85. The second kappa shape index (κ2) is 5.03. The van der Waals surface area contributed by atoms with Crippen LogP contribution in [-0.4, -0.2) is 41.9 Å². The Kier molecular flexibility index (Phi) is 3.59. The lowest BCUT2D eigenvalue weighted by Gasteiger charge is -2.22. The van der Waals surface area contributed by atoms with Crippen LogP contribution in [0.2, 0.25) is 0 Å². The zero-order valence-electron chi connectivity index (χ0n) is 12.2. The van der Waals surface area contributed by atoms with Gasteiger partial charge in [0.25, 0.3) is 0 Å². The van der Waals surface area contributed by atoms with Crippen LogP contribution in [0.5, 0.6) is 0 Å². The summed E-state index contributed by atoms with van der Waals surface area (Å²) in [5.41, 5.74) is 1.76. The summed E-state index contributed by atoms with van der Waals surface area (Å²) < 4.78 is 0. The van der Waals surface area contributed by atoms with E-state index in [0.717, 1.165) is 23.5 Å². The molecule has 19 heavy (non-hydrogen) atoms. The van der Waals surface area contributed by atoms with Gasteiger partial charge in [-0.2, -0.15) is 4.98 Å². The molecule has 1 aromatic rings. The van der Waals surface area contributed by atoms with Gasteiger partial charge in [-0.3, -0.25) is 0 Å². The molecule has 104 valence electrons. The van der Waals surface area contributed by atoms with E-state index in [-0.39, 0.29) is 5.60 Å². The molecule has 6 nitrogen and oxygen atoms in total. The highest BCUT2D eigenvalue weighted by Crippen LogP contribution is 2.24. The third-order valence-electron chi connectivity index (χ3n) is 3.04. The van der Waals surface area contributed by atoms with Crippen LogP contribution in [0.1, 0.15) is 25.8 Å². The van der Waals surface area contributed by atoms with Crippen molar-refractivity contribution < 1.29 is 4.84 Å². The minimum atomic E-state index is -0.309. The monoisotopic (exact) mass is 263 g/mol. The molecule has 0 amide bonds. The van der Waals surface area contributed by atoms with Crippen molar-refractivity contribution in [1.29, 1.82) is 0 Å². The molecule has 0 aromatic carbocycles. The van der Waals surface area contributed by atoms with E-state index < -0.39 is 0 Å². The molecule has 0 fully saturated rings. The average molecular weight is 263 g/mol. The molecule has 0 saturated carbocycles. The van der Waals surface area contributed by atoms with Gasteiger partial charge in [0.1, 0.15) is 5.82 Å². The average Bonchev–Trinajstić information content (AvgIpc) is 2.68. The van der Waals surface area contributed by atoms with Crippen LogP contribution in [0.25, 0.3) is 0 Å². The first-order valence-corrected chi connectivity index (χ1v) is 6.36. The highest BCUT2D eigenvalue weighted by molar-refractivity contribution is 5.83. The SMILES string of the molecule is CC1=NOC(C)(CNc2ncc(C)c(N(C)C)n2)C1. The van der Waals surface area contributed by atoms with Crippen molar-refractivity contribution in [2.24, 2.45) is 5.16 Å². The predicted molar refractivity (Wildman–Crippen MR) is 76.8 cm³/mol. The summed E-state index contributed by atoms with van der Waals surface area (Å²) >= 11 is 0. The highest BCUT2D eigenvalue weighted by Gasteiger charge is 2.32. The molecule has 0 bridgehead atoms. The second-order valence-electron chi connectivity index (χ2n) is 5.49. The number of nitrogens with zero attached hydrogens (tertiary/aromatic N) is 4. The van der Waals surface area contributed by atoms with Gasteiger partial charge in [-0.05, 0) is 20.8 Å². The van der Waals surface area contributed by atoms with E-state index >= 15 is 0 Å². The number of oxime groups is 1. The zero-order valence-corrected chi connectivity index (χ0v) is 12.2. The maximum Gasteiger partial charge on any atom is 0.224 e. The van der Waals surface area contributed by atoms with Gasteiger partial charge in [0, 0.05) is 32.3 Å². The minimum absolute atomic E-state index is 0.309. The van der Waals surface area contributed by atoms with Gasteiger partial charge >= 0.3 is 0 Å². The summed E-state index contributed by atoms with van der Waals surface area (Å²) in [4.78, 5) is 16.2. The number of hydrogen-bond acceptors (Lipinski definition) is 6. The smallest absolute Gasteiger partial charge is 0.224 e. The zero-order chi connectivity index (χ0) is 14.0. The number of aryl methyl sites for hydroxylation is 1. The lowest BCUT2D eigenvalue weighted by Crippen LogP contribution is -2.34. The first-order chi connectivity index (χ1) is 8.89. The Morgan fingerprint density at radius 1 is 1.42 bits per heavy atom. The maximum absolute atomic E-state index is 5.44. The van der Waals surface area contributed by atoms with Crippen LogP contribution in [0.3, 0.4) is 0 Å². The van der Waals surface area contributed by atoms with Gasteiger partial charge in [0.15, 0.2) is 5.60 Å². The van der Waals surface area contributed by atoms with Gasteiger partial charge in [-0.25, -0.2) is 4.98 Å². The van der Waals surface area contributed by atoms with Gasteiger partial charge in [0.05, 0.1) is 12.3 Å². The molecule has 0 aliphatic carbocycles. The quantitative estimate of drug-likeness (QED) is 0.897. The summed E-state index contributed by atoms with van der Waals surface area (Å²) in [7, 11) is 3.94. The Morgan fingerprint density at radius 3 is 2.74 bits per heavy atom. The third kappa shape index (κ3) is 3.13. The van der Waals surface area contributed by atoms with Crippen LogP contribution in [0.15, 0.2) is 11.4 Å². The largest absolute Gasteiger partial charge is 0.387 e. The molecule has 2 rings (SSSR count). The van der Waals surface area contributed by atoms with Gasteiger partial charge < -0.3 is 15.1 Å². The van der Waals surface area contributed by atoms with Crippen molar-refractivity contribution in [3.8, 4) is 0 Å². The fourth-order valence-electron chi connectivity index (χ4n) is 2.13.